The number of rotatable bonds is 4. The smallest absolute Gasteiger partial charge is 0.311 e. The van der Waals surface area contributed by atoms with Crippen molar-refractivity contribution < 1.29 is 19.4 Å². The number of methoxy groups -OCH3 is 1. The second-order valence-corrected chi connectivity index (χ2v) is 5.40. The van der Waals surface area contributed by atoms with Gasteiger partial charge in [0.2, 0.25) is 0 Å². The van der Waals surface area contributed by atoms with Gasteiger partial charge in [-0.1, -0.05) is 30.3 Å². The number of carbonyl (C=O) groups excluding carboxylic acids is 2. The summed E-state index contributed by atoms with van der Waals surface area (Å²) in [5.41, 5.74) is 1.99. The van der Waals surface area contributed by atoms with Crippen molar-refractivity contribution in [2.24, 2.45) is 5.10 Å². The molecule has 2 aromatic carbocycles. The number of amides is 1. The Morgan fingerprint density at radius 1 is 1.16 bits per heavy atom. The lowest BCUT2D eigenvalue weighted by Crippen LogP contribution is -2.21. The van der Waals surface area contributed by atoms with Crippen LogP contribution in [0.4, 0.5) is 5.69 Å². The Hall–Kier alpha value is -3.41. The van der Waals surface area contributed by atoms with Crippen molar-refractivity contribution in [1.82, 2.24) is 0 Å². The number of anilines is 1. The Labute approximate surface area is 144 Å². The predicted molar refractivity (Wildman–Crippen MR) is 94.1 cm³/mol. The fourth-order valence-corrected chi connectivity index (χ4v) is 2.42. The molecule has 0 unspecified atom stereocenters. The summed E-state index contributed by atoms with van der Waals surface area (Å²) >= 11 is 0. The van der Waals surface area contributed by atoms with Crippen molar-refractivity contribution in [2.45, 2.75) is 6.42 Å². The molecule has 3 rings (SSSR count). The van der Waals surface area contributed by atoms with Crippen LogP contribution >= 0.6 is 0 Å². The zero-order valence-corrected chi connectivity index (χ0v) is 13.5. The van der Waals surface area contributed by atoms with Crippen LogP contribution in [0.3, 0.4) is 0 Å². The molecule has 0 saturated carbocycles. The van der Waals surface area contributed by atoms with E-state index in [2.05, 4.69) is 5.10 Å². The topological polar surface area (TPSA) is 79.2 Å². The highest BCUT2D eigenvalue weighted by Crippen LogP contribution is 2.26. The zero-order valence-electron chi connectivity index (χ0n) is 13.5. The molecule has 126 valence electrons. The highest BCUT2D eigenvalue weighted by atomic mass is 16.5. The maximum absolute atomic E-state index is 12.8. The van der Waals surface area contributed by atoms with Crippen LogP contribution in [0.25, 0.3) is 6.08 Å². The number of hydrazone groups is 1. The number of esters is 1. The number of hydrogen-bond acceptors (Lipinski definition) is 5. The fraction of sp³-hybridized carbons (Fsp3) is 0.105. The summed E-state index contributed by atoms with van der Waals surface area (Å²) in [5, 5.41) is 15.0. The summed E-state index contributed by atoms with van der Waals surface area (Å²) in [4.78, 5) is 24.5. The molecule has 0 atom stereocenters. The molecule has 0 saturated heterocycles. The van der Waals surface area contributed by atoms with Gasteiger partial charge in [0, 0.05) is 0 Å². The van der Waals surface area contributed by atoms with Gasteiger partial charge in [0.05, 0.1) is 30.5 Å². The lowest BCUT2D eigenvalue weighted by molar-refractivity contribution is -0.139. The van der Waals surface area contributed by atoms with Crippen molar-refractivity contribution in [3.63, 3.8) is 0 Å². The summed E-state index contributed by atoms with van der Waals surface area (Å²) in [6, 6.07) is 15.4. The molecular formula is C19H16N2O4. The van der Waals surface area contributed by atoms with Gasteiger partial charge in [0.25, 0.3) is 5.91 Å². The molecule has 0 spiro atoms. The number of para-hydroxylation sites is 1. The van der Waals surface area contributed by atoms with Gasteiger partial charge in [-0.05, 0) is 35.9 Å². The van der Waals surface area contributed by atoms with E-state index in [4.69, 9.17) is 4.74 Å². The molecule has 25 heavy (non-hydrogen) atoms. The Balaban J connectivity index is 1.99. The molecule has 6 nitrogen and oxygen atoms in total. The highest BCUT2D eigenvalue weighted by Gasteiger charge is 2.32. The quantitative estimate of drug-likeness (QED) is 0.688. The summed E-state index contributed by atoms with van der Waals surface area (Å²) in [6.07, 6.45) is 1.54. The van der Waals surface area contributed by atoms with Crippen molar-refractivity contribution in [2.75, 3.05) is 12.1 Å². The van der Waals surface area contributed by atoms with Crippen LogP contribution in [-0.4, -0.2) is 29.8 Å². The number of phenolic OH excluding ortho intramolecular Hbond substituents is 1. The van der Waals surface area contributed by atoms with Crippen LogP contribution in [0.1, 0.15) is 12.0 Å². The summed E-state index contributed by atoms with van der Waals surface area (Å²) in [6.45, 7) is 0. The van der Waals surface area contributed by atoms with Crippen molar-refractivity contribution in [3.8, 4) is 5.75 Å². The van der Waals surface area contributed by atoms with E-state index in [9.17, 15) is 14.7 Å². The Kier molecular flexibility index (Phi) is 4.61. The van der Waals surface area contributed by atoms with E-state index >= 15 is 0 Å². The van der Waals surface area contributed by atoms with Gasteiger partial charge in [-0.3, -0.25) is 9.59 Å². The van der Waals surface area contributed by atoms with Gasteiger partial charge in [-0.15, -0.1) is 0 Å². The number of aromatic hydroxyl groups is 1. The average Bonchev–Trinajstić information content (AvgIpc) is 2.93. The minimum absolute atomic E-state index is 0.102. The van der Waals surface area contributed by atoms with Crippen LogP contribution in [0.15, 0.2) is 65.3 Å². The van der Waals surface area contributed by atoms with Gasteiger partial charge in [-0.2, -0.15) is 10.1 Å². The molecule has 0 fully saturated rings. The number of ether oxygens (including phenoxy) is 1. The normalized spacial score (nSPS) is 15.4. The largest absolute Gasteiger partial charge is 0.508 e. The second kappa shape index (κ2) is 7.00. The first-order valence-electron chi connectivity index (χ1n) is 7.63. The molecule has 1 amide bonds. The van der Waals surface area contributed by atoms with Crippen molar-refractivity contribution in [1.29, 1.82) is 0 Å². The van der Waals surface area contributed by atoms with Gasteiger partial charge in [0.15, 0.2) is 0 Å². The van der Waals surface area contributed by atoms with Crippen LogP contribution in [0, 0.1) is 0 Å². The monoisotopic (exact) mass is 336 g/mol. The van der Waals surface area contributed by atoms with Gasteiger partial charge >= 0.3 is 5.97 Å². The molecular weight excluding hydrogens is 320 g/mol. The predicted octanol–water partition coefficient (Wildman–Crippen LogP) is 2.74. The van der Waals surface area contributed by atoms with Crippen LogP contribution in [-0.2, 0) is 14.3 Å². The fourth-order valence-electron chi connectivity index (χ4n) is 2.42. The SMILES string of the molecule is COC(=O)CC1=NN(c2ccccc2)C(=O)/C1=C\c1ccc(O)cc1. The molecule has 2 aromatic rings. The molecule has 0 aromatic heterocycles. The zero-order chi connectivity index (χ0) is 17.8. The third-order valence-corrected chi connectivity index (χ3v) is 3.70. The van der Waals surface area contributed by atoms with E-state index in [0.717, 1.165) is 0 Å². The van der Waals surface area contributed by atoms with Crippen molar-refractivity contribution in [3.05, 3.63) is 65.7 Å². The number of benzene rings is 2. The van der Waals surface area contributed by atoms with Gasteiger partial charge in [-0.25, -0.2) is 0 Å². The number of phenols is 1. The summed E-state index contributed by atoms with van der Waals surface area (Å²) < 4.78 is 4.69. The van der Waals surface area contributed by atoms with Gasteiger partial charge < -0.3 is 9.84 Å². The number of hydrogen-bond donors (Lipinski definition) is 1. The third kappa shape index (κ3) is 3.58. The van der Waals surface area contributed by atoms with Gasteiger partial charge in [0.1, 0.15) is 5.75 Å². The lowest BCUT2D eigenvalue weighted by Gasteiger charge is -2.10. The number of carbonyl (C=O) groups is 2. The Morgan fingerprint density at radius 2 is 1.84 bits per heavy atom. The standard InChI is InChI=1S/C19H16N2O4/c1-25-18(23)12-17-16(11-13-7-9-15(22)10-8-13)19(24)21(20-17)14-5-3-2-4-6-14/h2-11,22H,12H2,1H3/b16-11-. The number of nitrogens with zero attached hydrogens (tertiary/aromatic N) is 2. The maximum atomic E-state index is 12.8. The van der Waals surface area contributed by atoms with E-state index in [0.29, 0.717) is 22.5 Å². The second-order valence-electron chi connectivity index (χ2n) is 5.40. The first-order valence-corrected chi connectivity index (χ1v) is 7.63. The molecule has 1 aliphatic rings. The van der Waals surface area contributed by atoms with E-state index in [1.807, 2.05) is 6.07 Å². The maximum Gasteiger partial charge on any atom is 0.311 e. The Bertz CT molecular complexity index is 855. The third-order valence-electron chi connectivity index (χ3n) is 3.70. The van der Waals surface area contributed by atoms with E-state index in [-0.39, 0.29) is 18.1 Å². The summed E-state index contributed by atoms with van der Waals surface area (Å²) in [5.74, 6) is -0.662. The lowest BCUT2D eigenvalue weighted by atomic mass is 10.0. The van der Waals surface area contributed by atoms with E-state index in [1.54, 1.807) is 42.5 Å². The first-order chi connectivity index (χ1) is 12.1. The minimum Gasteiger partial charge on any atom is -0.508 e. The first kappa shape index (κ1) is 16.4. The molecule has 0 aliphatic carbocycles. The highest BCUT2D eigenvalue weighted by molar-refractivity contribution is 6.34. The molecule has 6 heteroatoms. The van der Waals surface area contributed by atoms with Crippen LogP contribution in [0.2, 0.25) is 0 Å². The average molecular weight is 336 g/mol. The molecule has 0 bridgehead atoms. The molecule has 1 aliphatic heterocycles. The summed E-state index contributed by atoms with van der Waals surface area (Å²) in [7, 11) is 1.29. The van der Waals surface area contributed by atoms with Crippen molar-refractivity contribution >= 4 is 29.4 Å². The van der Waals surface area contributed by atoms with Crippen LogP contribution in [0.5, 0.6) is 5.75 Å². The molecule has 0 radical (unpaired) electrons. The van der Waals surface area contributed by atoms with Crippen LogP contribution < -0.4 is 5.01 Å². The minimum atomic E-state index is -0.474. The van der Waals surface area contributed by atoms with E-state index < -0.39 is 5.97 Å². The Morgan fingerprint density at radius 3 is 2.48 bits per heavy atom. The van der Waals surface area contributed by atoms with E-state index in [1.165, 1.54) is 24.3 Å². The molecule has 1 heterocycles. The molecule has 1 N–H and O–H groups in total.